The van der Waals surface area contributed by atoms with Gasteiger partial charge >= 0.3 is 5.97 Å². The summed E-state index contributed by atoms with van der Waals surface area (Å²) in [5.74, 6) is -0.0776. The molecule has 2 amide bonds. The third kappa shape index (κ3) is 4.38. The lowest BCUT2D eigenvalue weighted by molar-refractivity contribution is -0.140. The van der Waals surface area contributed by atoms with Crippen molar-refractivity contribution in [2.24, 2.45) is 5.92 Å². The van der Waals surface area contributed by atoms with Gasteiger partial charge < -0.3 is 15.0 Å². The smallest absolute Gasteiger partial charge is 0.305 e. The fraction of sp³-hybridized carbons (Fsp3) is 0.526. The molecular weight excluding hydrogens is 320 g/mol. The second-order valence-electron chi connectivity index (χ2n) is 6.73. The van der Waals surface area contributed by atoms with Gasteiger partial charge in [-0.1, -0.05) is 12.1 Å². The third-order valence-corrected chi connectivity index (χ3v) is 4.83. The molecule has 134 valence electrons. The number of aryl methyl sites for hydroxylation is 1. The number of likely N-dealkylation sites (tertiary alicyclic amines) is 1. The summed E-state index contributed by atoms with van der Waals surface area (Å²) in [5, 5.41) is 2.91. The summed E-state index contributed by atoms with van der Waals surface area (Å²) in [6.07, 6.45) is 4.45. The molecule has 2 aliphatic rings. The van der Waals surface area contributed by atoms with E-state index in [9.17, 15) is 14.4 Å². The molecule has 25 heavy (non-hydrogen) atoms. The van der Waals surface area contributed by atoms with Crippen LogP contribution in [0.3, 0.4) is 0 Å². The number of amides is 2. The number of benzene rings is 1. The van der Waals surface area contributed by atoms with Gasteiger partial charge in [0.25, 0.3) is 0 Å². The Labute approximate surface area is 147 Å². The standard InChI is InChI=1S/C19H24N2O4/c1-25-17(22)11-6-13-4-9-15(10-5-13)20-18(23)16-3-2-12-21(16)19(24)14-7-8-14/h4-5,9-10,14,16H,2-3,6-8,11-12H2,1H3,(H,20,23). The SMILES string of the molecule is COC(=O)CCc1ccc(NC(=O)C2CCCN2C(=O)C2CC2)cc1. The molecule has 1 saturated carbocycles. The van der Waals surface area contributed by atoms with Gasteiger partial charge in [-0.05, 0) is 49.8 Å². The Morgan fingerprint density at radius 2 is 1.88 bits per heavy atom. The first-order valence-corrected chi connectivity index (χ1v) is 8.85. The number of hydrogen-bond acceptors (Lipinski definition) is 4. The van der Waals surface area contributed by atoms with Gasteiger partial charge in [0, 0.05) is 24.6 Å². The van der Waals surface area contributed by atoms with E-state index in [4.69, 9.17) is 0 Å². The van der Waals surface area contributed by atoms with Gasteiger partial charge in [-0.3, -0.25) is 14.4 Å². The first-order valence-electron chi connectivity index (χ1n) is 8.85. The van der Waals surface area contributed by atoms with E-state index in [1.54, 1.807) is 4.90 Å². The van der Waals surface area contributed by atoms with Crippen LogP contribution in [0.2, 0.25) is 0 Å². The van der Waals surface area contributed by atoms with Crippen molar-refractivity contribution in [3.63, 3.8) is 0 Å². The second-order valence-corrected chi connectivity index (χ2v) is 6.73. The number of carbonyl (C=O) groups is 3. The van der Waals surface area contributed by atoms with E-state index >= 15 is 0 Å². The summed E-state index contributed by atoms with van der Waals surface area (Å²) in [7, 11) is 1.38. The maximum Gasteiger partial charge on any atom is 0.305 e. The second kappa shape index (κ2) is 7.68. The van der Waals surface area contributed by atoms with Gasteiger partial charge in [0.1, 0.15) is 6.04 Å². The molecule has 1 unspecified atom stereocenters. The number of ether oxygens (including phenoxy) is 1. The molecule has 6 nitrogen and oxygen atoms in total. The first kappa shape index (κ1) is 17.5. The number of anilines is 1. The highest BCUT2D eigenvalue weighted by atomic mass is 16.5. The number of hydrogen-bond donors (Lipinski definition) is 1. The number of methoxy groups -OCH3 is 1. The van der Waals surface area contributed by atoms with Crippen molar-refractivity contribution >= 4 is 23.5 Å². The maximum absolute atomic E-state index is 12.5. The van der Waals surface area contributed by atoms with E-state index < -0.39 is 0 Å². The van der Waals surface area contributed by atoms with Crippen molar-refractivity contribution in [3.05, 3.63) is 29.8 Å². The molecule has 3 rings (SSSR count). The van der Waals surface area contributed by atoms with Crippen LogP contribution in [0.1, 0.15) is 37.7 Å². The van der Waals surface area contributed by atoms with Gasteiger partial charge in [0.15, 0.2) is 0 Å². The van der Waals surface area contributed by atoms with Crippen LogP contribution in [-0.2, 0) is 25.5 Å². The van der Waals surface area contributed by atoms with Crippen LogP contribution in [0.25, 0.3) is 0 Å². The minimum absolute atomic E-state index is 0.117. The highest BCUT2D eigenvalue weighted by Gasteiger charge is 2.40. The minimum atomic E-state index is -0.355. The number of nitrogens with zero attached hydrogens (tertiary/aromatic N) is 1. The van der Waals surface area contributed by atoms with E-state index in [0.717, 1.165) is 31.2 Å². The minimum Gasteiger partial charge on any atom is -0.469 e. The molecule has 0 bridgehead atoms. The number of nitrogens with one attached hydrogen (secondary N) is 1. The fourth-order valence-corrected chi connectivity index (χ4v) is 3.20. The summed E-state index contributed by atoms with van der Waals surface area (Å²) in [5.41, 5.74) is 1.72. The summed E-state index contributed by atoms with van der Waals surface area (Å²) >= 11 is 0. The molecule has 2 fully saturated rings. The molecule has 6 heteroatoms. The van der Waals surface area contributed by atoms with Crippen LogP contribution in [-0.4, -0.2) is 42.4 Å². The quantitative estimate of drug-likeness (QED) is 0.802. The lowest BCUT2D eigenvalue weighted by Crippen LogP contribution is -2.43. The Morgan fingerprint density at radius 1 is 1.16 bits per heavy atom. The van der Waals surface area contributed by atoms with E-state index in [0.29, 0.717) is 25.1 Å². The van der Waals surface area contributed by atoms with E-state index in [1.807, 2.05) is 24.3 Å². The topological polar surface area (TPSA) is 75.7 Å². The molecule has 0 aromatic heterocycles. The van der Waals surface area contributed by atoms with Crippen molar-refractivity contribution in [3.8, 4) is 0 Å². The number of rotatable bonds is 6. The summed E-state index contributed by atoms with van der Waals surface area (Å²) in [6.45, 7) is 0.680. The third-order valence-electron chi connectivity index (χ3n) is 4.83. The van der Waals surface area contributed by atoms with Gasteiger partial charge in [0.2, 0.25) is 11.8 Å². The van der Waals surface area contributed by atoms with Gasteiger partial charge in [-0.25, -0.2) is 0 Å². The first-order chi connectivity index (χ1) is 12.1. The van der Waals surface area contributed by atoms with E-state index in [2.05, 4.69) is 10.1 Å². The summed E-state index contributed by atoms with van der Waals surface area (Å²) in [6, 6.07) is 7.08. The van der Waals surface area contributed by atoms with Crippen LogP contribution in [0, 0.1) is 5.92 Å². The van der Waals surface area contributed by atoms with Crippen LogP contribution >= 0.6 is 0 Å². The number of esters is 1. The van der Waals surface area contributed by atoms with Crippen molar-refractivity contribution in [1.82, 2.24) is 4.90 Å². The average molecular weight is 344 g/mol. The van der Waals surface area contributed by atoms with Crippen molar-refractivity contribution in [2.45, 2.75) is 44.6 Å². The molecule has 0 spiro atoms. The van der Waals surface area contributed by atoms with Crippen LogP contribution < -0.4 is 5.32 Å². The highest BCUT2D eigenvalue weighted by molar-refractivity contribution is 5.98. The molecule has 1 heterocycles. The Bertz CT molecular complexity index is 652. The Kier molecular flexibility index (Phi) is 5.36. The largest absolute Gasteiger partial charge is 0.469 e. The average Bonchev–Trinajstić information content (AvgIpc) is 3.36. The lowest BCUT2D eigenvalue weighted by Gasteiger charge is -2.24. The maximum atomic E-state index is 12.5. The van der Waals surface area contributed by atoms with E-state index in [1.165, 1.54) is 7.11 Å². The molecule has 1 aromatic carbocycles. The molecule has 1 atom stereocenters. The van der Waals surface area contributed by atoms with Gasteiger partial charge in [-0.15, -0.1) is 0 Å². The van der Waals surface area contributed by atoms with Crippen molar-refractivity contribution in [2.75, 3.05) is 19.0 Å². The zero-order valence-electron chi connectivity index (χ0n) is 14.5. The number of carbonyl (C=O) groups excluding carboxylic acids is 3. The summed E-state index contributed by atoms with van der Waals surface area (Å²) < 4.78 is 4.63. The molecule has 1 aromatic rings. The molecule has 1 aliphatic carbocycles. The van der Waals surface area contributed by atoms with Crippen LogP contribution in [0.4, 0.5) is 5.69 Å². The summed E-state index contributed by atoms with van der Waals surface area (Å²) in [4.78, 5) is 37.7. The zero-order chi connectivity index (χ0) is 17.8. The molecule has 1 N–H and O–H groups in total. The molecule has 1 saturated heterocycles. The zero-order valence-corrected chi connectivity index (χ0v) is 14.5. The molecule has 1 aliphatic heterocycles. The Hall–Kier alpha value is -2.37. The lowest BCUT2D eigenvalue weighted by atomic mass is 10.1. The normalized spacial score (nSPS) is 19.6. The fourth-order valence-electron chi connectivity index (χ4n) is 3.20. The Balaban J connectivity index is 1.55. The van der Waals surface area contributed by atoms with Gasteiger partial charge in [0.05, 0.1) is 7.11 Å². The van der Waals surface area contributed by atoms with Crippen LogP contribution in [0.5, 0.6) is 0 Å². The van der Waals surface area contributed by atoms with Gasteiger partial charge in [-0.2, -0.15) is 0 Å². The monoisotopic (exact) mass is 344 g/mol. The molecule has 0 radical (unpaired) electrons. The highest BCUT2D eigenvalue weighted by Crippen LogP contribution is 2.33. The van der Waals surface area contributed by atoms with Crippen molar-refractivity contribution in [1.29, 1.82) is 0 Å². The van der Waals surface area contributed by atoms with Crippen LogP contribution in [0.15, 0.2) is 24.3 Å². The Morgan fingerprint density at radius 3 is 2.52 bits per heavy atom. The van der Waals surface area contributed by atoms with E-state index in [-0.39, 0.29) is 29.7 Å². The van der Waals surface area contributed by atoms with Crippen molar-refractivity contribution < 1.29 is 19.1 Å². The molecular formula is C19H24N2O4. The predicted octanol–water partition coefficient (Wildman–Crippen LogP) is 2.13. The predicted molar refractivity (Wildman–Crippen MR) is 92.9 cm³/mol.